The molecule has 1 aromatic heterocycles. The van der Waals surface area contributed by atoms with Crippen molar-refractivity contribution in [2.75, 3.05) is 32.7 Å². The van der Waals surface area contributed by atoms with Gasteiger partial charge in [0, 0.05) is 51.0 Å². The highest BCUT2D eigenvalue weighted by Crippen LogP contribution is 1.97. The van der Waals surface area contributed by atoms with Crippen molar-refractivity contribution in [1.82, 2.24) is 20.2 Å². The Bertz CT molecular complexity index is 226. The van der Waals surface area contributed by atoms with E-state index in [2.05, 4.69) is 20.2 Å². The topological polar surface area (TPSA) is 44.0 Å². The van der Waals surface area contributed by atoms with E-state index in [0.717, 1.165) is 26.1 Å². The molecule has 0 bridgehead atoms. The first-order valence-corrected chi connectivity index (χ1v) is 4.85. The third-order valence-corrected chi connectivity index (χ3v) is 2.46. The van der Waals surface area contributed by atoms with Crippen LogP contribution in [0.5, 0.6) is 0 Å². The normalized spacial score (nSPS) is 19.1. The zero-order valence-electron chi connectivity index (χ0n) is 7.79. The third-order valence-electron chi connectivity index (χ3n) is 2.46. The average molecular weight is 180 g/mol. The Hall–Kier alpha value is -0.870. The fourth-order valence-electron chi connectivity index (χ4n) is 1.63. The highest BCUT2D eigenvalue weighted by Gasteiger charge is 2.08. The highest BCUT2D eigenvalue weighted by molar-refractivity contribution is 4.94. The lowest BCUT2D eigenvalue weighted by Crippen LogP contribution is -2.44. The maximum atomic E-state index is 4.00. The SMILES string of the molecule is c1ncc(CCN2CCNCC2)[nH]1. The molecule has 4 heteroatoms. The molecule has 0 unspecified atom stereocenters. The lowest BCUT2D eigenvalue weighted by Gasteiger charge is -2.26. The maximum absolute atomic E-state index is 4.00. The number of imidazole rings is 1. The van der Waals surface area contributed by atoms with Crippen LogP contribution in [0.15, 0.2) is 12.5 Å². The van der Waals surface area contributed by atoms with Crippen molar-refractivity contribution >= 4 is 0 Å². The molecule has 13 heavy (non-hydrogen) atoms. The smallest absolute Gasteiger partial charge is 0.0921 e. The van der Waals surface area contributed by atoms with Gasteiger partial charge in [-0.25, -0.2) is 4.98 Å². The van der Waals surface area contributed by atoms with Crippen molar-refractivity contribution in [2.24, 2.45) is 0 Å². The summed E-state index contributed by atoms with van der Waals surface area (Å²) >= 11 is 0. The minimum atomic E-state index is 1.08. The van der Waals surface area contributed by atoms with E-state index in [0.29, 0.717) is 0 Å². The molecule has 1 saturated heterocycles. The molecular weight excluding hydrogens is 164 g/mol. The molecule has 0 aliphatic carbocycles. The zero-order valence-corrected chi connectivity index (χ0v) is 7.79. The van der Waals surface area contributed by atoms with Gasteiger partial charge in [0.1, 0.15) is 0 Å². The Morgan fingerprint density at radius 3 is 2.92 bits per heavy atom. The molecule has 4 nitrogen and oxygen atoms in total. The number of hydrogen-bond acceptors (Lipinski definition) is 3. The summed E-state index contributed by atoms with van der Waals surface area (Å²) in [7, 11) is 0. The summed E-state index contributed by atoms with van der Waals surface area (Å²) in [6.45, 7) is 5.75. The Balaban J connectivity index is 1.72. The van der Waals surface area contributed by atoms with Gasteiger partial charge in [-0.05, 0) is 0 Å². The van der Waals surface area contributed by atoms with E-state index in [1.54, 1.807) is 6.33 Å². The van der Waals surface area contributed by atoms with Crippen LogP contribution >= 0.6 is 0 Å². The van der Waals surface area contributed by atoms with Crippen molar-refractivity contribution in [3.05, 3.63) is 18.2 Å². The number of aromatic nitrogens is 2. The zero-order chi connectivity index (χ0) is 8.93. The summed E-state index contributed by atoms with van der Waals surface area (Å²) in [6.07, 6.45) is 4.73. The van der Waals surface area contributed by atoms with E-state index in [1.807, 2.05) is 6.20 Å². The van der Waals surface area contributed by atoms with Gasteiger partial charge in [-0.3, -0.25) is 0 Å². The Kier molecular flexibility index (Phi) is 2.94. The number of rotatable bonds is 3. The van der Waals surface area contributed by atoms with Gasteiger partial charge in [0.25, 0.3) is 0 Å². The van der Waals surface area contributed by atoms with Crippen LogP contribution in [-0.2, 0) is 6.42 Å². The number of hydrogen-bond donors (Lipinski definition) is 2. The minimum absolute atomic E-state index is 1.08. The predicted molar refractivity (Wildman–Crippen MR) is 51.6 cm³/mol. The van der Waals surface area contributed by atoms with Gasteiger partial charge in [-0.2, -0.15) is 0 Å². The second kappa shape index (κ2) is 4.39. The van der Waals surface area contributed by atoms with Gasteiger partial charge >= 0.3 is 0 Å². The van der Waals surface area contributed by atoms with E-state index >= 15 is 0 Å². The summed E-state index contributed by atoms with van der Waals surface area (Å²) < 4.78 is 0. The number of aromatic amines is 1. The van der Waals surface area contributed by atoms with E-state index in [9.17, 15) is 0 Å². The lowest BCUT2D eigenvalue weighted by molar-refractivity contribution is 0.243. The van der Waals surface area contributed by atoms with Crippen LogP contribution in [0.1, 0.15) is 5.69 Å². The Morgan fingerprint density at radius 1 is 1.38 bits per heavy atom. The molecule has 1 fully saturated rings. The summed E-state index contributed by atoms with van der Waals surface area (Å²) in [5.41, 5.74) is 1.23. The van der Waals surface area contributed by atoms with Crippen LogP contribution in [0.25, 0.3) is 0 Å². The van der Waals surface area contributed by atoms with Gasteiger partial charge in [0.2, 0.25) is 0 Å². The van der Waals surface area contributed by atoms with E-state index < -0.39 is 0 Å². The van der Waals surface area contributed by atoms with Gasteiger partial charge in [0.05, 0.1) is 6.33 Å². The fraction of sp³-hybridized carbons (Fsp3) is 0.667. The predicted octanol–water partition coefficient (Wildman–Crippen LogP) is -0.143. The summed E-state index contributed by atoms with van der Waals surface area (Å²) in [4.78, 5) is 9.61. The molecule has 0 atom stereocenters. The second-order valence-electron chi connectivity index (χ2n) is 3.42. The average Bonchev–Trinajstić information content (AvgIpc) is 2.69. The Labute approximate surface area is 78.4 Å². The molecule has 0 spiro atoms. The standard InChI is InChI=1S/C9H16N4/c1(9-7-11-8-12-9)4-13-5-2-10-3-6-13/h7-8,10H,1-6H2,(H,11,12). The second-order valence-corrected chi connectivity index (χ2v) is 3.42. The molecule has 2 N–H and O–H groups in total. The fourth-order valence-corrected chi connectivity index (χ4v) is 1.63. The number of piperazine rings is 1. The van der Waals surface area contributed by atoms with Crippen LogP contribution < -0.4 is 5.32 Å². The van der Waals surface area contributed by atoms with Crippen molar-refractivity contribution in [2.45, 2.75) is 6.42 Å². The van der Waals surface area contributed by atoms with Crippen LogP contribution in [0.3, 0.4) is 0 Å². The number of nitrogens with zero attached hydrogens (tertiary/aromatic N) is 2. The van der Waals surface area contributed by atoms with Crippen LogP contribution in [-0.4, -0.2) is 47.6 Å². The number of nitrogens with one attached hydrogen (secondary N) is 2. The lowest BCUT2D eigenvalue weighted by atomic mass is 10.3. The molecule has 2 rings (SSSR count). The summed E-state index contributed by atoms with van der Waals surface area (Å²) in [5.74, 6) is 0. The van der Waals surface area contributed by atoms with E-state index in [4.69, 9.17) is 0 Å². The molecular formula is C9H16N4. The summed E-state index contributed by atoms with van der Waals surface area (Å²) in [6, 6.07) is 0. The van der Waals surface area contributed by atoms with Gasteiger partial charge in [-0.1, -0.05) is 0 Å². The molecule has 0 aromatic carbocycles. The minimum Gasteiger partial charge on any atom is -0.348 e. The van der Waals surface area contributed by atoms with Gasteiger partial charge < -0.3 is 15.2 Å². The molecule has 2 heterocycles. The monoisotopic (exact) mass is 180 g/mol. The first-order chi connectivity index (χ1) is 6.45. The van der Waals surface area contributed by atoms with E-state index in [1.165, 1.54) is 18.8 Å². The van der Waals surface area contributed by atoms with Crippen LogP contribution in [0, 0.1) is 0 Å². The maximum Gasteiger partial charge on any atom is 0.0921 e. The van der Waals surface area contributed by atoms with Crippen LogP contribution in [0.4, 0.5) is 0 Å². The first kappa shape index (κ1) is 8.72. The molecule has 72 valence electrons. The summed E-state index contributed by atoms with van der Waals surface area (Å²) in [5, 5.41) is 3.35. The van der Waals surface area contributed by atoms with Crippen molar-refractivity contribution in [1.29, 1.82) is 0 Å². The molecule has 0 amide bonds. The van der Waals surface area contributed by atoms with Crippen LogP contribution in [0.2, 0.25) is 0 Å². The largest absolute Gasteiger partial charge is 0.348 e. The Morgan fingerprint density at radius 2 is 2.23 bits per heavy atom. The molecule has 0 saturated carbocycles. The molecule has 1 aliphatic heterocycles. The van der Waals surface area contributed by atoms with Crippen molar-refractivity contribution in [3.63, 3.8) is 0 Å². The van der Waals surface area contributed by atoms with Crippen molar-refractivity contribution < 1.29 is 0 Å². The first-order valence-electron chi connectivity index (χ1n) is 4.85. The van der Waals surface area contributed by atoms with Gasteiger partial charge in [-0.15, -0.1) is 0 Å². The van der Waals surface area contributed by atoms with Crippen molar-refractivity contribution in [3.8, 4) is 0 Å². The third kappa shape index (κ3) is 2.54. The van der Waals surface area contributed by atoms with E-state index in [-0.39, 0.29) is 0 Å². The number of H-pyrrole nitrogens is 1. The molecule has 1 aliphatic rings. The van der Waals surface area contributed by atoms with Gasteiger partial charge in [0.15, 0.2) is 0 Å². The highest BCUT2D eigenvalue weighted by atomic mass is 15.2. The quantitative estimate of drug-likeness (QED) is 0.680. The molecule has 0 radical (unpaired) electrons. The molecule has 1 aromatic rings.